The second kappa shape index (κ2) is 5.52. The van der Waals surface area contributed by atoms with Gasteiger partial charge in [0.15, 0.2) is 16.7 Å². The maximum Gasteiger partial charge on any atom is 0.189 e. The van der Waals surface area contributed by atoms with Crippen LogP contribution in [0.1, 0.15) is 18.2 Å². The van der Waals surface area contributed by atoms with Gasteiger partial charge in [0, 0.05) is 31.4 Å². The lowest BCUT2D eigenvalue weighted by molar-refractivity contribution is 0.725. The van der Waals surface area contributed by atoms with Gasteiger partial charge in [0.25, 0.3) is 0 Å². The molecule has 1 aliphatic rings. The summed E-state index contributed by atoms with van der Waals surface area (Å²) >= 11 is 6.13. The van der Waals surface area contributed by atoms with Crippen LogP contribution in [0.2, 0.25) is 5.15 Å². The monoisotopic (exact) mass is 324 g/mol. The molecule has 1 fully saturated rings. The smallest absolute Gasteiger partial charge is 0.189 e. The first-order valence-corrected chi connectivity index (χ1v) is 7.71. The van der Waals surface area contributed by atoms with E-state index >= 15 is 0 Å². The molecule has 1 N–H and O–H groups in total. The minimum atomic E-state index is 0.289. The molecule has 2 aromatic heterocycles. The van der Waals surface area contributed by atoms with Crippen molar-refractivity contribution in [1.82, 2.24) is 19.9 Å². The van der Waals surface area contributed by atoms with Crippen molar-refractivity contribution >= 4 is 34.1 Å². The summed E-state index contributed by atoms with van der Waals surface area (Å²) in [6.07, 6.45) is 4.22. The van der Waals surface area contributed by atoms with Crippen LogP contribution < -0.4 is 4.90 Å². The number of imidazole rings is 1. The van der Waals surface area contributed by atoms with E-state index in [1.54, 1.807) is 18.5 Å². The Morgan fingerprint density at radius 1 is 1.30 bits per heavy atom. The normalized spacial score (nSPS) is 17.6. The molecule has 0 aliphatic carbocycles. The van der Waals surface area contributed by atoms with E-state index in [2.05, 4.69) is 29.7 Å². The highest BCUT2D eigenvalue weighted by atomic mass is 35.5. The van der Waals surface area contributed by atoms with Crippen LogP contribution in [0, 0.1) is 6.57 Å². The molecule has 1 unspecified atom stereocenters. The molecule has 6 nitrogen and oxygen atoms in total. The van der Waals surface area contributed by atoms with Crippen LogP contribution in [0.4, 0.5) is 11.5 Å². The van der Waals surface area contributed by atoms with Crippen LogP contribution >= 0.6 is 11.6 Å². The van der Waals surface area contributed by atoms with E-state index in [9.17, 15) is 0 Å². The van der Waals surface area contributed by atoms with E-state index in [4.69, 9.17) is 18.2 Å². The molecule has 1 saturated heterocycles. The number of hydrogen-bond acceptors (Lipinski definition) is 4. The van der Waals surface area contributed by atoms with E-state index in [-0.39, 0.29) is 5.92 Å². The number of nitrogens with zero attached hydrogens (tertiary/aromatic N) is 5. The van der Waals surface area contributed by atoms with Crippen molar-refractivity contribution in [3.05, 3.63) is 53.0 Å². The third-order valence-corrected chi connectivity index (χ3v) is 4.39. The number of fused-ring (bicyclic) bond motifs is 1. The van der Waals surface area contributed by atoms with Gasteiger partial charge < -0.3 is 9.88 Å². The van der Waals surface area contributed by atoms with Gasteiger partial charge in [0.2, 0.25) is 0 Å². The number of halogens is 1. The van der Waals surface area contributed by atoms with E-state index < -0.39 is 0 Å². The second-order valence-electron chi connectivity index (χ2n) is 5.54. The molecule has 0 amide bonds. The Kier molecular flexibility index (Phi) is 3.36. The van der Waals surface area contributed by atoms with Gasteiger partial charge in [-0.1, -0.05) is 17.7 Å². The van der Waals surface area contributed by atoms with E-state index in [1.165, 1.54) is 0 Å². The predicted molar refractivity (Wildman–Crippen MR) is 89.0 cm³/mol. The van der Waals surface area contributed by atoms with Crippen molar-refractivity contribution in [2.24, 2.45) is 0 Å². The van der Waals surface area contributed by atoms with Crippen molar-refractivity contribution in [3.8, 4) is 0 Å². The standard InChI is InChI=1S/C16H13ClN6/c1-18-11-2-3-12-13(8-11)22-15(21-12)10-4-7-23(9-10)16-14(17)19-5-6-20-16/h2-3,5-6,8,10H,4,7,9H2,(H,21,22). The van der Waals surface area contributed by atoms with Gasteiger partial charge in [0.1, 0.15) is 5.82 Å². The van der Waals surface area contributed by atoms with Crippen LogP contribution in [0.15, 0.2) is 30.6 Å². The first-order valence-electron chi connectivity index (χ1n) is 7.33. The van der Waals surface area contributed by atoms with Gasteiger partial charge in [-0.25, -0.2) is 19.8 Å². The van der Waals surface area contributed by atoms with Crippen molar-refractivity contribution < 1.29 is 0 Å². The maximum atomic E-state index is 7.09. The van der Waals surface area contributed by atoms with Crippen LogP contribution in [-0.4, -0.2) is 33.0 Å². The van der Waals surface area contributed by atoms with Crippen molar-refractivity contribution in [1.29, 1.82) is 0 Å². The minimum absolute atomic E-state index is 0.289. The summed E-state index contributed by atoms with van der Waals surface area (Å²) in [5.74, 6) is 1.96. The first-order chi connectivity index (χ1) is 11.2. The fraction of sp³-hybridized carbons (Fsp3) is 0.250. The average molecular weight is 325 g/mol. The molecular formula is C16H13ClN6. The summed E-state index contributed by atoms with van der Waals surface area (Å²) < 4.78 is 0. The van der Waals surface area contributed by atoms with Gasteiger partial charge >= 0.3 is 0 Å². The van der Waals surface area contributed by atoms with Crippen LogP contribution in [0.5, 0.6) is 0 Å². The number of nitrogens with one attached hydrogen (secondary N) is 1. The summed E-state index contributed by atoms with van der Waals surface area (Å²) in [5.41, 5.74) is 2.41. The van der Waals surface area contributed by atoms with E-state index in [0.29, 0.717) is 10.8 Å². The lowest BCUT2D eigenvalue weighted by atomic mass is 10.1. The summed E-state index contributed by atoms with van der Waals surface area (Å²) in [5, 5.41) is 0.430. The predicted octanol–water partition coefficient (Wildman–Crippen LogP) is 3.55. The number of aromatic nitrogens is 4. The molecule has 1 atom stereocenters. The molecule has 3 heterocycles. The Morgan fingerprint density at radius 2 is 2.17 bits per heavy atom. The molecule has 0 spiro atoms. The average Bonchev–Trinajstić information content (AvgIpc) is 3.21. The molecule has 23 heavy (non-hydrogen) atoms. The van der Waals surface area contributed by atoms with Crippen LogP contribution in [0.25, 0.3) is 15.9 Å². The second-order valence-corrected chi connectivity index (χ2v) is 5.90. The molecule has 0 radical (unpaired) electrons. The zero-order chi connectivity index (χ0) is 15.8. The van der Waals surface area contributed by atoms with Gasteiger partial charge in [0.05, 0.1) is 17.6 Å². The number of H-pyrrole nitrogens is 1. The van der Waals surface area contributed by atoms with Gasteiger partial charge in [-0.05, 0) is 18.6 Å². The number of benzene rings is 1. The fourth-order valence-corrected chi connectivity index (χ4v) is 3.20. The highest BCUT2D eigenvalue weighted by Crippen LogP contribution is 2.32. The zero-order valence-electron chi connectivity index (χ0n) is 12.2. The molecule has 0 saturated carbocycles. The summed E-state index contributed by atoms with van der Waals surface area (Å²) in [6, 6.07) is 5.53. The third kappa shape index (κ3) is 2.49. The lowest BCUT2D eigenvalue weighted by Gasteiger charge is -2.17. The Hall–Kier alpha value is -2.65. The lowest BCUT2D eigenvalue weighted by Crippen LogP contribution is -2.21. The highest BCUT2D eigenvalue weighted by molar-refractivity contribution is 6.31. The molecule has 1 aromatic carbocycles. The Morgan fingerprint density at radius 3 is 3.00 bits per heavy atom. The van der Waals surface area contributed by atoms with Crippen molar-refractivity contribution in [2.75, 3.05) is 18.0 Å². The van der Waals surface area contributed by atoms with Gasteiger partial charge in [-0.15, -0.1) is 0 Å². The summed E-state index contributed by atoms with van der Waals surface area (Å²) in [4.78, 5) is 22.0. The highest BCUT2D eigenvalue weighted by Gasteiger charge is 2.28. The minimum Gasteiger partial charge on any atom is -0.353 e. The molecule has 7 heteroatoms. The number of aromatic amines is 1. The molecule has 1 aliphatic heterocycles. The molecule has 4 rings (SSSR count). The number of rotatable bonds is 2. The Bertz CT molecular complexity index is 912. The van der Waals surface area contributed by atoms with E-state index in [0.717, 1.165) is 42.2 Å². The van der Waals surface area contributed by atoms with Crippen molar-refractivity contribution in [2.45, 2.75) is 12.3 Å². The quantitative estimate of drug-likeness (QED) is 0.732. The van der Waals surface area contributed by atoms with Crippen LogP contribution in [-0.2, 0) is 0 Å². The summed E-state index contributed by atoms with van der Waals surface area (Å²) in [7, 11) is 0. The maximum absolute atomic E-state index is 7.09. The SMILES string of the molecule is [C-]#[N+]c1ccc2[nH]c(C3CCN(c4nccnc4Cl)C3)nc2c1. The van der Waals surface area contributed by atoms with Crippen LogP contribution in [0.3, 0.4) is 0 Å². The zero-order valence-corrected chi connectivity index (χ0v) is 13.0. The number of anilines is 1. The first kappa shape index (κ1) is 14.0. The Labute approximate surface area is 138 Å². The summed E-state index contributed by atoms with van der Waals surface area (Å²) in [6.45, 7) is 8.76. The molecular weight excluding hydrogens is 312 g/mol. The molecule has 0 bridgehead atoms. The largest absolute Gasteiger partial charge is 0.353 e. The Balaban J connectivity index is 1.60. The molecule has 3 aromatic rings. The van der Waals surface area contributed by atoms with E-state index in [1.807, 2.05) is 12.1 Å². The number of hydrogen-bond donors (Lipinski definition) is 1. The molecule has 114 valence electrons. The third-order valence-electron chi connectivity index (χ3n) is 4.12. The fourth-order valence-electron chi connectivity index (χ4n) is 2.98. The van der Waals surface area contributed by atoms with Gasteiger partial charge in [-0.3, -0.25) is 0 Å². The van der Waals surface area contributed by atoms with Gasteiger partial charge in [-0.2, -0.15) is 0 Å². The topological polar surface area (TPSA) is 62.1 Å². The van der Waals surface area contributed by atoms with Crippen molar-refractivity contribution in [3.63, 3.8) is 0 Å².